The molecular weight excluding hydrogens is 313 g/mol. The van der Waals surface area contributed by atoms with Crippen LogP contribution in [0.3, 0.4) is 0 Å². The molecule has 114 valence electrons. The highest BCUT2D eigenvalue weighted by molar-refractivity contribution is 7.99. The van der Waals surface area contributed by atoms with E-state index in [-0.39, 0.29) is 18.8 Å². The summed E-state index contributed by atoms with van der Waals surface area (Å²) in [6.45, 7) is 1.96. The van der Waals surface area contributed by atoms with Crippen molar-refractivity contribution in [2.45, 2.75) is 31.4 Å². The van der Waals surface area contributed by atoms with E-state index < -0.39 is 24.0 Å². The van der Waals surface area contributed by atoms with E-state index >= 15 is 0 Å². The Hall–Kier alpha value is -0.730. The molecule has 1 N–H and O–H groups in total. The summed E-state index contributed by atoms with van der Waals surface area (Å²) in [7, 11) is 0. The lowest BCUT2D eigenvalue weighted by Gasteiger charge is -2.09. The molecule has 1 aromatic heterocycles. The summed E-state index contributed by atoms with van der Waals surface area (Å²) in [6.07, 6.45) is -5.06. The summed E-state index contributed by atoms with van der Waals surface area (Å²) in [5.41, 5.74) is -0.920. The van der Waals surface area contributed by atoms with Crippen molar-refractivity contribution in [2.24, 2.45) is 0 Å². The second-order valence-corrected chi connectivity index (χ2v) is 6.17. The van der Waals surface area contributed by atoms with Crippen LogP contribution in [0.15, 0.2) is 12.1 Å². The monoisotopic (exact) mass is 328 g/mol. The molecule has 0 saturated carbocycles. The lowest BCUT2D eigenvalue weighted by molar-refractivity contribution is -0.134. The van der Waals surface area contributed by atoms with Gasteiger partial charge in [0.05, 0.1) is 6.61 Å². The van der Waals surface area contributed by atoms with Crippen LogP contribution < -0.4 is 0 Å². The van der Waals surface area contributed by atoms with Crippen LogP contribution in [-0.4, -0.2) is 29.6 Å². The predicted octanol–water partition coefficient (Wildman–Crippen LogP) is 3.99. The summed E-state index contributed by atoms with van der Waals surface area (Å²) in [5.74, 6) is -0.258. The van der Waals surface area contributed by atoms with E-state index in [0.29, 0.717) is 9.75 Å². The number of aliphatic hydroxyl groups is 1. The van der Waals surface area contributed by atoms with E-state index in [9.17, 15) is 23.1 Å². The van der Waals surface area contributed by atoms with Gasteiger partial charge in [0.2, 0.25) is 0 Å². The zero-order chi connectivity index (χ0) is 15.2. The molecule has 0 saturated heterocycles. The van der Waals surface area contributed by atoms with Gasteiger partial charge < -0.3 is 9.84 Å². The van der Waals surface area contributed by atoms with Crippen LogP contribution in [-0.2, 0) is 4.74 Å². The van der Waals surface area contributed by atoms with Crippen LogP contribution in [0.2, 0.25) is 0 Å². The highest BCUT2D eigenvalue weighted by Crippen LogP contribution is 2.33. The summed E-state index contributed by atoms with van der Waals surface area (Å²) in [4.78, 5) is 12.3. The van der Waals surface area contributed by atoms with E-state index in [0.717, 1.165) is 23.1 Å². The van der Waals surface area contributed by atoms with Crippen molar-refractivity contribution in [3.05, 3.63) is 21.9 Å². The average molecular weight is 328 g/mol. The van der Waals surface area contributed by atoms with Crippen molar-refractivity contribution < 1.29 is 27.8 Å². The average Bonchev–Trinajstić information content (AvgIpc) is 2.83. The molecule has 1 aromatic rings. The summed E-state index contributed by atoms with van der Waals surface area (Å²) in [5, 5.41) is 9.81. The maximum atomic E-state index is 11.9. The molecular formula is C12H15F3O3S2. The number of hydrogen-bond donors (Lipinski definition) is 1. The zero-order valence-electron chi connectivity index (χ0n) is 10.8. The van der Waals surface area contributed by atoms with Crippen molar-refractivity contribution in [1.29, 1.82) is 0 Å². The van der Waals surface area contributed by atoms with Gasteiger partial charge in [0, 0.05) is 11.3 Å². The molecule has 0 aliphatic heterocycles. The Labute approximate surface area is 123 Å². The molecule has 0 amide bonds. The fourth-order valence-electron chi connectivity index (χ4n) is 1.35. The first kappa shape index (κ1) is 17.3. The quantitative estimate of drug-likeness (QED) is 0.467. The number of alkyl halides is 3. The third-order valence-corrected chi connectivity index (χ3v) is 4.59. The van der Waals surface area contributed by atoms with Gasteiger partial charge in [0.15, 0.2) is 0 Å². The summed E-state index contributed by atoms with van der Waals surface area (Å²) < 4.78 is 40.7. The number of thiophene rings is 1. The maximum Gasteiger partial charge on any atom is 0.389 e. The Balaban J connectivity index is 2.40. The van der Waals surface area contributed by atoms with E-state index in [1.807, 2.05) is 0 Å². The molecule has 1 atom stereocenters. The number of ether oxygens (including phenoxy) is 1. The normalized spacial score (nSPS) is 13.2. The summed E-state index contributed by atoms with van der Waals surface area (Å²) >= 11 is 2.11. The van der Waals surface area contributed by atoms with Crippen LogP contribution in [0.1, 0.15) is 39.8 Å². The number of rotatable bonds is 7. The van der Waals surface area contributed by atoms with Gasteiger partial charge in [-0.05, 0) is 31.2 Å². The Bertz CT molecular complexity index is 432. The highest BCUT2D eigenvalue weighted by Gasteiger charge is 2.26. The summed E-state index contributed by atoms with van der Waals surface area (Å²) in [6, 6.07) is 3.12. The van der Waals surface area contributed by atoms with Crippen LogP contribution in [0.5, 0.6) is 0 Å². The maximum absolute atomic E-state index is 11.9. The lowest BCUT2D eigenvalue weighted by Crippen LogP contribution is -2.07. The molecule has 0 radical (unpaired) electrons. The molecule has 0 aliphatic carbocycles. The van der Waals surface area contributed by atoms with Gasteiger partial charge in [-0.2, -0.15) is 13.2 Å². The standard InChI is InChI=1S/C12H15F3O3S2/c1-2-18-10(16)8-4-5-9(20-8)11(17)19-7-3-6-12(13,14)15/h4-5,11,17H,2-3,6-7H2,1H3. The van der Waals surface area contributed by atoms with E-state index in [4.69, 9.17) is 4.74 Å². The molecule has 20 heavy (non-hydrogen) atoms. The van der Waals surface area contributed by atoms with Crippen molar-refractivity contribution >= 4 is 29.1 Å². The second-order valence-electron chi connectivity index (χ2n) is 3.86. The molecule has 0 spiro atoms. The van der Waals surface area contributed by atoms with Gasteiger partial charge in [0.1, 0.15) is 10.3 Å². The number of carbonyl (C=O) groups is 1. The Kier molecular flexibility index (Phi) is 6.84. The molecule has 0 aromatic carbocycles. The minimum atomic E-state index is -4.16. The van der Waals surface area contributed by atoms with Gasteiger partial charge in [-0.3, -0.25) is 0 Å². The fourth-order valence-corrected chi connectivity index (χ4v) is 3.24. The fraction of sp³-hybridized carbons (Fsp3) is 0.583. The molecule has 3 nitrogen and oxygen atoms in total. The Morgan fingerprint density at radius 2 is 2.20 bits per heavy atom. The van der Waals surface area contributed by atoms with Crippen molar-refractivity contribution in [3.63, 3.8) is 0 Å². The zero-order valence-corrected chi connectivity index (χ0v) is 12.4. The minimum absolute atomic E-state index is 0.0403. The number of aliphatic hydroxyl groups excluding tert-OH is 1. The highest BCUT2D eigenvalue weighted by atomic mass is 32.2. The molecule has 1 heterocycles. The first-order valence-corrected chi connectivity index (χ1v) is 7.83. The third-order valence-electron chi connectivity index (χ3n) is 2.23. The third kappa shape index (κ3) is 6.15. The van der Waals surface area contributed by atoms with E-state index in [1.165, 1.54) is 6.07 Å². The van der Waals surface area contributed by atoms with Gasteiger partial charge >= 0.3 is 12.1 Å². The van der Waals surface area contributed by atoms with Gasteiger partial charge in [-0.1, -0.05) is 0 Å². The molecule has 1 unspecified atom stereocenters. The first-order valence-electron chi connectivity index (χ1n) is 5.96. The number of thioether (sulfide) groups is 1. The topological polar surface area (TPSA) is 46.5 Å². The van der Waals surface area contributed by atoms with Gasteiger partial charge in [-0.25, -0.2) is 4.79 Å². The molecule has 0 fully saturated rings. The Morgan fingerprint density at radius 1 is 1.50 bits per heavy atom. The number of esters is 1. The second kappa shape index (κ2) is 7.90. The molecule has 8 heteroatoms. The van der Waals surface area contributed by atoms with E-state index in [1.54, 1.807) is 13.0 Å². The van der Waals surface area contributed by atoms with Crippen LogP contribution in [0.4, 0.5) is 13.2 Å². The van der Waals surface area contributed by atoms with Gasteiger partial charge in [-0.15, -0.1) is 23.1 Å². The SMILES string of the molecule is CCOC(=O)c1ccc(C(O)SCCCC(F)(F)F)s1. The molecule has 1 rings (SSSR count). The number of carbonyl (C=O) groups excluding carboxylic acids is 1. The minimum Gasteiger partial charge on any atom is -0.462 e. The van der Waals surface area contributed by atoms with Gasteiger partial charge in [0.25, 0.3) is 0 Å². The number of hydrogen-bond acceptors (Lipinski definition) is 5. The predicted molar refractivity (Wildman–Crippen MR) is 73.0 cm³/mol. The molecule has 0 aliphatic rings. The smallest absolute Gasteiger partial charge is 0.389 e. The lowest BCUT2D eigenvalue weighted by atomic mass is 10.3. The van der Waals surface area contributed by atoms with Crippen LogP contribution in [0.25, 0.3) is 0 Å². The van der Waals surface area contributed by atoms with Crippen molar-refractivity contribution in [1.82, 2.24) is 0 Å². The van der Waals surface area contributed by atoms with Crippen LogP contribution in [0, 0.1) is 0 Å². The molecule has 0 bridgehead atoms. The number of halogens is 3. The van der Waals surface area contributed by atoms with Crippen LogP contribution >= 0.6 is 23.1 Å². The van der Waals surface area contributed by atoms with E-state index in [2.05, 4.69) is 0 Å². The Morgan fingerprint density at radius 3 is 2.80 bits per heavy atom. The first-order chi connectivity index (χ1) is 9.33. The van der Waals surface area contributed by atoms with Crippen molar-refractivity contribution in [2.75, 3.05) is 12.4 Å². The van der Waals surface area contributed by atoms with Crippen molar-refractivity contribution in [3.8, 4) is 0 Å². The largest absolute Gasteiger partial charge is 0.462 e.